The Labute approximate surface area is 151 Å². The van der Waals surface area contributed by atoms with Crippen molar-refractivity contribution in [1.29, 1.82) is 0 Å². The Balaban J connectivity index is 1.54. The van der Waals surface area contributed by atoms with Gasteiger partial charge in [-0.3, -0.25) is 9.59 Å². The number of fused-ring (bicyclic) bond motifs is 1. The molecule has 0 aliphatic rings. The Kier molecular flexibility index (Phi) is 5.16. The third-order valence-electron chi connectivity index (χ3n) is 4.59. The van der Waals surface area contributed by atoms with Crippen molar-refractivity contribution < 1.29 is 14.0 Å². The summed E-state index contributed by atoms with van der Waals surface area (Å²) in [5, 5.41) is 3.95. The second-order valence-corrected chi connectivity index (χ2v) is 6.42. The zero-order valence-electron chi connectivity index (χ0n) is 14.9. The van der Waals surface area contributed by atoms with Crippen molar-refractivity contribution in [1.82, 2.24) is 9.88 Å². The molecule has 0 unspecified atom stereocenters. The number of hydrogen-bond donors (Lipinski definition) is 1. The number of nitrogens with one attached hydrogen (secondary N) is 1. The minimum Gasteiger partial charge on any atom is -0.352 e. The van der Waals surface area contributed by atoms with E-state index in [1.807, 2.05) is 32.2 Å². The van der Waals surface area contributed by atoms with Crippen LogP contribution in [0.4, 0.5) is 4.39 Å². The zero-order chi connectivity index (χ0) is 18.7. The molecule has 1 N–H and O–H groups in total. The van der Waals surface area contributed by atoms with Gasteiger partial charge in [-0.05, 0) is 42.8 Å². The highest BCUT2D eigenvalue weighted by atomic mass is 19.1. The summed E-state index contributed by atoms with van der Waals surface area (Å²) in [6.07, 6.45) is 0.0313. The zero-order valence-corrected chi connectivity index (χ0v) is 14.9. The number of amides is 1. The number of nitrogens with zero attached hydrogens (tertiary/aromatic N) is 1. The van der Waals surface area contributed by atoms with Gasteiger partial charge in [0.25, 0.3) is 0 Å². The molecule has 0 saturated heterocycles. The quantitative estimate of drug-likeness (QED) is 0.684. The van der Waals surface area contributed by atoms with Crippen LogP contribution in [0.2, 0.25) is 0 Å². The molecule has 3 rings (SSSR count). The van der Waals surface area contributed by atoms with Gasteiger partial charge >= 0.3 is 0 Å². The van der Waals surface area contributed by atoms with E-state index in [0.29, 0.717) is 6.54 Å². The first-order valence-corrected chi connectivity index (χ1v) is 8.55. The molecular formula is C21H21FN2O2. The smallest absolute Gasteiger partial charge is 0.220 e. The molecule has 4 nitrogen and oxygen atoms in total. The largest absolute Gasteiger partial charge is 0.352 e. The standard InChI is InChI=1S/C21H21FN2O2/c1-14-11-16-12-15(7-8-19(16)24(14)2)13-23-21(26)10-9-20(25)17-5-3-4-6-18(17)22/h3-8,11-12H,9-10,13H2,1-2H3,(H,23,26). The predicted octanol–water partition coefficient (Wildman–Crippen LogP) is 3.91. The van der Waals surface area contributed by atoms with Crippen LogP contribution in [0.3, 0.4) is 0 Å². The fourth-order valence-electron chi connectivity index (χ4n) is 2.98. The van der Waals surface area contributed by atoms with Crippen LogP contribution < -0.4 is 5.32 Å². The van der Waals surface area contributed by atoms with Crippen molar-refractivity contribution in [2.24, 2.45) is 7.05 Å². The van der Waals surface area contributed by atoms with Gasteiger partial charge in [-0.1, -0.05) is 18.2 Å². The first-order valence-electron chi connectivity index (χ1n) is 8.55. The Bertz CT molecular complexity index is 975. The van der Waals surface area contributed by atoms with E-state index in [9.17, 15) is 14.0 Å². The molecule has 0 bridgehead atoms. The molecule has 26 heavy (non-hydrogen) atoms. The van der Waals surface area contributed by atoms with Gasteiger partial charge in [0.05, 0.1) is 5.56 Å². The lowest BCUT2D eigenvalue weighted by Gasteiger charge is -2.06. The molecule has 3 aromatic rings. The van der Waals surface area contributed by atoms with Crippen molar-refractivity contribution in [3.63, 3.8) is 0 Å². The predicted molar refractivity (Wildman–Crippen MR) is 99.5 cm³/mol. The third-order valence-corrected chi connectivity index (χ3v) is 4.59. The normalized spacial score (nSPS) is 10.9. The number of hydrogen-bond acceptors (Lipinski definition) is 2. The van der Waals surface area contributed by atoms with Crippen LogP contribution in [0, 0.1) is 12.7 Å². The van der Waals surface area contributed by atoms with Crippen LogP contribution >= 0.6 is 0 Å². The molecule has 0 spiro atoms. The van der Waals surface area contributed by atoms with Gasteiger partial charge in [-0.15, -0.1) is 0 Å². The van der Waals surface area contributed by atoms with E-state index < -0.39 is 5.82 Å². The second kappa shape index (κ2) is 7.52. The number of aromatic nitrogens is 1. The van der Waals surface area contributed by atoms with E-state index >= 15 is 0 Å². The Hall–Kier alpha value is -2.95. The molecule has 0 aliphatic heterocycles. The molecule has 1 aromatic heterocycles. The van der Waals surface area contributed by atoms with E-state index in [-0.39, 0.29) is 30.1 Å². The van der Waals surface area contributed by atoms with Crippen LogP contribution in [0.1, 0.15) is 34.5 Å². The average molecular weight is 352 g/mol. The SMILES string of the molecule is Cc1cc2cc(CNC(=O)CCC(=O)c3ccccc3F)ccc2n1C. The first-order chi connectivity index (χ1) is 12.5. The van der Waals surface area contributed by atoms with Gasteiger partial charge in [0.15, 0.2) is 5.78 Å². The summed E-state index contributed by atoms with van der Waals surface area (Å²) in [5.41, 5.74) is 3.35. The maximum absolute atomic E-state index is 13.6. The minimum absolute atomic E-state index is 0.0102. The molecule has 0 radical (unpaired) electrons. The Morgan fingerprint density at radius 1 is 1.08 bits per heavy atom. The van der Waals surface area contributed by atoms with Crippen LogP contribution in [0.15, 0.2) is 48.5 Å². The first kappa shape index (κ1) is 17.9. The number of Topliss-reactive ketones (excluding diaryl/α,β-unsaturated/α-hetero) is 1. The van der Waals surface area contributed by atoms with Crippen LogP contribution in [-0.4, -0.2) is 16.3 Å². The number of halogens is 1. The number of benzene rings is 2. The van der Waals surface area contributed by atoms with E-state index in [1.54, 1.807) is 6.07 Å². The molecule has 0 saturated carbocycles. The summed E-state index contributed by atoms with van der Waals surface area (Å²) in [4.78, 5) is 24.0. The third kappa shape index (κ3) is 3.82. The molecule has 1 amide bonds. The van der Waals surface area contributed by atoms with E-state index in [2.05, 4.69) is 16.0 Å². The summed E-state index contributed by atoms with van der Waals surface area (Å²) in [6.45, 7) is 2.45. The molecule has 0 aliphatic carbocycles. The van der Waals surface area contributed by atoms with Crippen LogP contribution in [0.5, 0.6) is 0 Å². The number of rotatable bonds is 6. The van der Waals surface area contributed by atoms with Gasteiger partial charge in [0.1, 0.15) is 5.82 Å². The lowest BCUT2D eigenvalue weighted by molar-refractivity contribution is -0.121. The molecular weight excluding hydrogens is 331 g/mol. The second-order valence-electron chi connectivity index (χ2n) is 6.42. The van der Waals surface area contributed by atoms with Crippen LogP contribution in [-0.2, 0) is 18.4 Å². The minimum atomic E-state index is -0.552. The summed E-state index contributed by atoms with van der Waals surface area (Å²) < 4.78 is 15.7. The number of ketones is 1. The highest BCUT2D eigenvalue weighted by molar-refractivity contribution is 5.98. The van der Waals surface area contributed by atoms with E-state index in [0.717, 1.165) is 16.5 Å². The molecule has 5 heteroatoms. The van der Waals surface area contributed by atoms with Crippen molar-refractivity contribution in [3.05, 3.63) is 71.2 Å². The molecule has 2 aromatic carbocycles. The topological polar surface area (TPSA) is 51.1 Å². The van der Waals surface area contributed by atoms with Crippen molar-refractivity contribution >= 4 is 22.6 Å². The van der Waals surface area contributed by atoms with Gasteiger partial charge in [0.2, 0.25) is 5.91 Å². The lowest BCUT2D eigenvalue weighted by Crippen LogP contribution is -2.23. The average Bonchev–Trinajstić information content (AvgIpc) is 2.92. The summed E-state index contributed by atoms with van der Waals surface area (Å²) in [7, 11) is 2.02. The van der Waals surface area contributed by atoms with Crippen molar-refractivity contribution in [2.75, 3.05) is 0 Å². The maximum Gasteiger partial charge on any atom is 0.220 e. The van der Waals surface area contributed by atoms with Crippen LogP contribution in [0.25, 0.3) is 10.9 Å². The van der Waals surface area contributed by atoms with Crippen molar-refractivity contribution in [3.8, 4) is 0 Å². The summed E-state index contributed by atoms with van der Waals surface area (Å²) >= 11 is 0. The van der Waals surface area contributed by atoms with E-state index in [4.69, 9.17) is 0 Å². The molecule has 0 atom stereocenters. The van der Waals surface area contributed by atoms with Gasteiger partial charge in [-0.2, -0.15) is 0 Å². The summed E-state index contributed by atoms with van der Waals surface area (Å²) in [6, 6.07) is 14.0. The van der Waals surface area contributed by atoms with E-state index in [1.165, 1.54) is 23.9 Å². The van der Waals surface area contributed by atoms with Gasteiger partial charge < -0.3 is 9.88 Å². The number of carbonyl (C=O) groups excluding carboxylic acids is 2. The Morgan fingerprint density at radius 3 is 2.62 bits per heavy atom. The fraction of sp³-hybridized carbons (Fsp3) is 0.238. The fourth-order valence-corrected chi connectivity index (χ4v) is 2.98. The Morgan fingerprint density at radius 2 is 1.85 bits per heavy atom. The maximum atomic E-state index is 13.6. The highest BCUT2D eigenvalue weighted by Gasteiger charge is 2.13. The van der Waals surface area contributed by atoms with Crippen molar-refractivity contribution in [2.45, 2.75) is 26.3 Å². The number of aryl methyl sites for hydroxylation is 2. The van der Waals surface area contributed by atoms with Gasteiger partial charge in [0, 0.05) is 43.0 Å². The monoisotopic (exact) mass is 352 g/mol. The molecule has 1 heterocycles. The van der Waals surface area contributed by atoms with Gasteiger partial charge in [-0.25, -0.2) is 4.39 Å². The lowest BCUT2D eigenvalue weighted by atomic mass is 10.1. The highest BCUT2D eigenvalue weighted by Crippen LogP contribution is 2.19. The molecule has 134 valence electrons. The number of carbonyl (C=O) groups is 2. The summed E-state index contributed by atoms with van der Waals surface area (Å²) in [5.74, 6) is -1.14. The molecule has 0 fully saturated rings.